The van der Waals surface area contributed by atoms with E-state index < -0.39 is 0 Å². The summed E-state index contributed by atoms with van der Waals surface area (Å²) in [6.07, 6.45) is -0.352. The van der Waals surface area contributed by atoms with Gasteiger partial charge in [-0.1, -0.05) is 43.3 Å². The maximum absolute atomic E-state index is 9.99. The molecule has 16 heavy (non-hydrogen) atoms. The largest absolute Gasteiger partial charge is 0.388 e. The lowest BCUT2D eigenvalue weighted by Crippen LogP contribution is -2.00. The smallest absolute Gasteiger partial charge is 0.0880 e. The van der Waals surface area contributed by atoms with E-state index in [1.165, 1.54) is 10.8 Å². The molecule has 0 aliphatic carbocycles. The van der Waals surface area contributed by atoms with Gasteiger partial charge in [0.2, 0.25) is 0 Å². The molecule has 84 valence electrons. The Bertz CT molecular complexity index is 467. The molecular weight excluding hydrogens is 216 g/mol. The molecule has 1 unspecified atom stereocenters. The summed E-state index contributed by atoms with van der Waals surface area (Å²) in [5.41, 5.74) is 1.01. The van der Waals surface area contributed by atoms with Gasteiger partial charge >= 0.3 is 0 Å². The number of hydrogen-bond donors (Lipinski definition) is 1. The van der Waals surface area contributed by atoms with Gasteiger partial charge in [0.05, 0.1) is 6.10 Å². The summed E-state index contributed by atoms with van der Waals surface area (Å²) < 4.78 is 0. The van der Waals surface area contributed by atoms with Crippen LogP contribution in [-0.4, -0.2) is 16.6 Å². The Morgan fingerprint density at radius 1 is 1.12 bits per heavy atom. The van der Waals surface area contributed by atoms with Crippen LogP contribution < -0.4 is 0 Å². The molecule has 0 heterocycles. The van der Waals surface area contributed by atoms with Gasteiger partial charge in [0, 0.05) is 5.75 Å². The van der Waals surface area contributed by atoms with Crippen LogP contribution in [-0.2, 0) is 0 Å². The van der Waals surface area contributed by atoms with Gasteiger partial charge in [-0.15, -0.1) is 0 Å². The third-order valence-corrected chi connectivity index (χ3v) is 3.60. The van der Waals surface area contributed by atoms with Crippen molar-refractivity contribution in [1.82, 2.24) is 0 Å². The zero-order chi connectivity index (χ0) is 11.4. The SMILES string of the molecule is CCSCC(O)c1ccc2ccccc2c1. The maximum Gasteiger partial charge on any atom is 0.0880 e. The maximum atomic E-state index is 9.99. The van der Waals surface area contributed by atoms with Gasteiger partial charge in [0.1, 0.15) is 0 Å². The molecule has 0 aromatic heterocycles. The van der Waals surface area contributed by atoms with Crippen LogP contribution in [0.5, 0.6) is 0 Å². The molecule has 2 aromatic carbocycles. The predicted octanol–water partition coefficient (Wildman–Crippen LogP) is 3.63. The first-order valence-electron chi connectivity index (χ1n) is 5.55. The molecule has 0 saturated heterocycles. The highest BCUT2D eigenvalue weighted by atomic mass is 32.2. The van der Waals surface area contributed by atoms with Crippen molar-refractivity contribution < 1.29 is 5.11 Å². The minimum absolute atomic E-state index is 0.352. The highest BCUT2D eigenvalue weighted by molar-refractivity contribution is 7.99. The molecule has 0 spiro atoms. The second-order valence-corrected chi connectivity index (χ2v) is 5.10. The first-order chi connectivity index (χ1) is 7.81. The molecule has 1 atom stereocenters. The summed E-state index contributed by atoms with van der Waals surface area (Å²) in [5.74, 6) is 1.82. The Morgan fingerprint density at radius 3 is 2.62 bits per heavy atom. The molecule has 0 bridgehead atoms. The van der Waals surface area contributed by atoms with E-state index in [2.05, 4.69) is 31.2 Å². The Hall–Kier alpha value is -0.990. The first kappa shape index (κ1) is 11.5. The zero-order valence-corrected chi connectivity index (χ0v) is 10.2. The van der Waals surface area contributed by atoms with Gasteiger partial charge in [-0.25, -0.2) is 0 Å². The molecule has 0 radical (unpaired) electrons. The Labute approximate surface area is 100 Å². The Balaban J connectivity index is 2.25. The number of hydrogen-bond acceptors (Lipinski definition) is 2. The van der Waals surface area contributed by atoms with Crippen LogP contribution in [0.1, 0.15) is 18.6 Å². The summed E-state index contributed by atoms with van der Waals surface area (Å²) in [6.45, 7) is 2.11. The zero-order valence-electron chi connectivity index (χ0n) is 9.39. The molecule has 1 nitrogen and oxygen atoms in total. The third kappa shape index (κ3) is 2.57. The number of aliphatic hydroxyl groups is 1. The van der Waals surface area contributed by atoms with Crippen LogP contribution in [0.3, 0.4) is 0 Å². The van der Waals surface area contributed by atoms with Crippen molar-refractivity contribution >= 4 is 22.5 Å². The van der Waals surface area contributed by atoms with Crippen molar-refractivity contribution in [3.63, 3.8) is 0 Å². The Kier molecular flexibility index (Phi) is 3.86. The molecule has 0 aliphatic heterocycles. The number of fused-ring (bicyclic) bond motifs is 1. The van der Waals surface area contributed by atoms with Crippen LogP contribution in [0.2, 0.25) is 0 Å². The minimum Gasteiger partial charge on any atom is -0.388 e. The van der Waals surface area contributed by atoms with E-state index in [9.17, 15) is 5.11 Å². The van der Waals surface area contributed by atoms with E-state index in [1.54, 1.807) is 11.8 Å². The van der Waals surface area contributed by atoms with Crippen molar-refractivity contribution in [3.8, 4) is 0 Å². The minimum atomic E-state index is -0.352. The monoisotopic (exact) mass is 232 g/mol. The van der Waals surface area contributed by atoms with E-state index in [0.717, 1.165) is 17.1 Å². The summed E-state index contributed by atoms with van der Waals surface area (Å²) >= 11 is 1.77. The number of rotatable bonds is 4. The number of thioether (sulfide) groups is 1. The molecule has 0 aliphatic rings. The Morgan fingerprint density at radius 2 is 1.88 bits per heavy atom. The lowest BCUT2D eigenvalue weighted by Gasteiger charge is -2.10. The third-order valence-electron chi connectivity index (χ3n) is 2.64. The topological polar surface area (TPSA) is 20.2 Å². The van der Waals surface area contributed by atoms with Crippen molar-refractivity contribution in [3.05, 3.63) is 48.0 Å². The fraction of sp³-hybridized carbons (Fsp3) is 0.286. The fourth-order valence-corrected chi connectivity index (χ4v) is 2.39. The number of aliphatic hydroxyl groups excluding tert-OH is 1. The molecule has 0 amide bonds. The van der Waals surface area contributed by atoms with Crippen LogP contribution in [0, 0.1) is 0 Å². The molecular formula is C14H16OS. The van der Waals surface area contributed by atoms with E-state index in [0.29, 0.717) is 0 Å². The summed E-state index contributed by atoms with van der Waals surface area (Å²) in [7, 11) is 0. The summed E-state index contributed by atoms with van der Waals surface area (Å²) in [5, 5.41) is 12.4. The second-order valence-electron chi connectivity index (χ2n) is 3.78. The molecule has 1 N–H and O–H groups in total. The molecule has 2 rings (SSSR count). The predicted molar refractivity (Wildman–Crippen MR) is 71.9 cm³/mol. The molecule has 2 heteroatoms. The lowest BCUT2D eigenvalue weighted by molar-refractivity contribution is 0.204. The molecule has 2 aromatic rings. The summed E-state index contributed by atoms with van der Waals surface area (Å²) in [6, 6.07) is 14.4. The number of benzene rings is 2. The molecule has 0 saturated carbocycles. The van der Waals surface area contributed by atoms with Gasteiger partial charge in [0.15, 0.2) is 0 Å². The first-order valence-corrected chi connectivity index (χ1v) is 6.71. The average molecular weight is 232 g/mol. The van der Waals surface area contributed by atoms with Crippen LogP contribution in [0.15, 0.2) is 42.5 Å². The molecule has 0 fully saturated rings. The van der Waals surface area contributed by atoms with Crippen LogP contribution >= 0.6 is 11.8 Å². The van der Waals surface area contributed by atoms with Gasteiger partial charge < -0.3 is 5.11 Å². The van der Waals surface area contributed by atoms with Crippen molar-refractivity contribution in [2.24, 2.45) is 0 Å². The van der Waals surface area contributed by atoms with E-state index in [4.69, 9.17) is 0 Å². The quantitative estimate of drug-likeness (QED) is 0.868. The van der Waals surface area contributed by atoms with Gasteiger partial charge in [-0.3, -0.25) is 0 Å². The summed E-state index contributed by atoms with van der Waals surface area (Å²) in [4.78, 5) is 0. The van der Waals surface area contributed by atoms with Gasteiger partial charge in [-0.2, -0.15) is 11.8 Å². The van der Waals surface area contributed by atoms with E-state index in [-0.39, 0.29) is 6.10 Å². The van der Waals surface area contributed by atoms with Gasteiger partial charge in [-0.05, 0) is 28.2 Å². The van der Waals surface area contributed by atoms with Crippen molar-refractivity contribution in [2.75, 3.05) is 11.5 Å². The highest BCUT2D eigenvalue weighted by Gasteiger charge is 2.07. The van der Waals surface area contributed by atoms with E-state index in [1.807, 2.05) is 18.2 Å². The van der Waals surface area contributed by atoms with Crippen molar-refractivity contribution in [2.45, 2.75) is 13.0 Å². The van der Waals surface area contributed by atoms with Crippen LogP contribution in [0.4, 0.5) is 0 Å². The normalized spacial score (nSPS) is 12.9. The fourth-order valence-electron chi connectivity index (χ4n) is 1.74. The van der Waals surface area contributed by atoms with Gasteiger partial charge in [0.25, 0.3) is 0 Å². The van der Waals surface area contributed by atoms with E-state index >= 15 is 0 Å². The van der Waals surface area contributed by atoms with Crippen LogP contribution in [0.25, 0.3) is 10.8 Å². The highest BCUT2D eigenvalue weighted by Crippen LogP contribution is 2.22. The average Bonchev–Trinajstić information content (AvgIpc) is 2.35. The van der Waals surface area contributed by atoms with Crippen molar-refractivity contribution in [1.29, 1.82) is 0 Å². The standard InChI is InChI=1S/C14H16OS/c1-2-16-10-14(15)13-8-7-11-5-3-4-6-12(11)9-13/h3-9,14-15H,2,10H2,1H3. The lowest BCUT2D eigenvalue weighted by atomic mass is 10.0. The second kappa shape index (κ2) is 5.37.